The molecule has 7 nitrogen and oxygen atoms in total. The Kier molecular flexibility index (Phi) is 4.14. The molecular formula is C17H20F2N6O. The molecule has 2 unspecified atom stereocenters. The maximum Gasteiger partial charge on any atom is 0.272 e. The molecule has 0 aromatic carbocycles. The summed E-state index contributed by atoms with van der Waals surface area (Å²) in [5, 5.41) is 15.0. The Balaban J connectivity index is 1.44. The molecule has 0 bridgehead atoms. The number of allylic oxidation sites excluding steroid dienone is 2. The molecule has 4 heterocycles. The molecule has 0 aliphatic carbocycles. The summed E-state index contributed by atoms with van der Waals surface area (Å²) < 4.78 is 26.7. The molecule has 4 aliphatic heterocycles. The van der Waals surface area contributed by atoms with E-state index in [2.05, 4.69) is 21.1 Å². The SMILES string of the molecule is O=C(NC1C=CC=CN1)C1=CNC2C=CC(N3CCC(F)(F)CC3)=NN12. The zero-order valence-corrected chi connectivity index (χ0v) is 14.0. The number of nitrogens with one attached hydrogen (secondary N) is 3. The molecule has 0 aromatic rings. The summed E-state index contributed by atoms with van der Waals surface area (Å²) in [5.74, 6) is -2.29. The van der Waals surface area contributed by atoms with E-state index in [0.29, 0.717) is 11.5 Å². The molecule has 0 spiro atoms. The van der Waals surface area contributed by atoms with Crippen molar-refractivity contribution in [2.24, 2.45) is 5.10 Å². The van der Waals surface area contributed by atoms with E-state index in [0.717, 1.165) is 0 Å². The van der Waals surface area contributed by atoms with Gasteiger partial charge in [-0.05, 0) is 30.5 Å². The molecule has 0 saturated carbocycles. The lowest BCUT2D eigenvalue weighted by molar-refractivity contribution is -0.119. The minimum Gasteiger partial charge on any atom is -0.368 e. The van der Waals surface area contributed by atoms with Gasteiger partial charge in [-0.1, -0.05) is 6.08 Å². The van der Waals surface area contributed by atoms with Crippen LogP contribution in [0.1, 0.15) is 12.8 Å². The third kappa shape index (κ3) is 3.29. The van der Waals surface area contributed by atoms with Gasteiger partial charge in [0.25, 0.3) is 11.8 Å². The monoisotopic (exact) mass is 362 g/mol. The van der Waals surface area contributed by atoms with Crippen LogP contribution in [0.25, 0.3) is 0 Å². The third-order valence-electron chi connectivity index (χ3n) is 4.66. The van der Waals surface area contributed by atoms with Gasteiger partial charge >= 0.3 is 0 Å². The quantitative estimate of drug-likeness (QED) is 0.678. The van der Waals surface area contributed by atoms with E-state index < -0.39 is 5.92 Å². The van der Waals surface area contributed by atoms with E-state index in [9.17, 15) is 13.6 Å². The molecule has 3 N–H and O–H groups in total. The number of hydrogen-bond acceptors (Lipinski definition) is 6. The van der Waals surface area contributed by atoms with Crippen LogP contribution in [0.15, 0.2) is 53.6 Å². The standard InChI is InChI=1S/C17H20F2N6O/c18-17(19)6-9-24(10-7-17)15-5-4-14-21-11-12(25(14)23-15)16(26)22-13-3-1-2-8-20-13/h1-5,8,11,13-14,20-21H,6-7,9-10H2,(H,22,26). The van der Waals surface area contributed by atoms with Gasteiger partial charge in [0.2, 0.25) is 0 Å². The van der Waals surface area contributed by atoms with Crippen molar-refractivity contribution >= 4 is 11.7 Å². The predicted octanol–water partition coefficient (Wildman–Crippen LogP) is 0.789. The average molecular weight is 362 g/mol. The van der Waals surface area contributed by atoms with Crippen molar-refractivity contribution in [3.05, 3.63) is 48.5 Å². The summed E-state index contributed by atoms with van der Waals surface area (Å²) in [4.78, 5) is 14.4. The van der Waals surface area contributed by atoms with Crippen LogP contribution in [0.3, 0.4) is 0 Å². The Morgan fingerprint density at radius 3 is 2.77 bits per heavy atom. The van der Waals surface area contributed by atoms with E-state index in [-0.39, 0.29) is 44.2 Å². The molecule has 9 heteroatoms. The van der Waals surface area contributed by atoms with Crippen molar-refractivity contribution < 1.29 is 13.6 Å². The number of likely N-dealkylation sites (tertiary alicyclic amines) is 1. The third-order valence-corrected chi connectivity index (χ3v) is 4.66. The molecule has 1 amide bonds. The van der Waals surface area contributed by atoms with Gasteiger partial charge in [-0.2, -0.15) is 5.10 Å². The van der Waals surface area contributed by atoms with Gasteiger partial charge in [-0.15, -0.1) is 0 Å². The van der Waals surface area contributed by atoms with E-state index in [1.165, 1.54) is 0 Å². The van der Waals surface area contributed by atoms with Crippen LogP contribution in [-0.2, 0) is 4.79 Å². The zero-order valence-electron chi connectivity index (χ0n) is 14.0. The number of halogens is 2. The van der Waals surface area contributed by atoms with Crippen molar-refractivity contribution in [3.63, 3.8) is 0 Å². The number of dihydropyridines is 1. The van der Waals surface area contributed by atoms with Crippen LogP contribution in [0.2, 0.25) is 0 Å². The first-order valence-corrected chi connectivity index (χ1v) is 8.57. The second-order valence-corrected chi connectivity index (χ2v) is 6.51. The lowest BCUT2D eigenvalue weighted by atomic mass is 10.1. The van der Waals surface area contributed by atoms with Crippen molar-refractivity contribution in [2.75, 3.05) is 13.1 Å². The van der Waals surface area contributed by atoms with Crippen LogP contribution < -0.4 is 16.0 Å². The first-order valence-electron chi connectivity index (χ1n) is 8.57. The van der Waals surface area contributed by atoms with Gasteiger partial charge < -0.3 is 20.9 Å². The van der Waals surface area contributed by atoms with Crippen LogP contribution >= 0.6 is 0 Å². The first-order chi connectivity index (χ1) is 12.5. The smallest absolute Gasteiger partial charge is 0.272 e. The highest BCUT2D eigenvalue weighted by Gasteiger charge is 2.37. The Labute approximate surface area is 149 Å². The first kappa shape index (κ1) is 16.6. The second-order valence-electron chi connectivity index (χ2n) is 6.51. The number of carbonyl (C=O) groups excluding carboxylic acids is 1. The van der Waals surface area contributed by atoms with Gasteiger partial charge in [-0.25, -0.2) is 13.8 Å². The number of rotatable bonds is 2. The number of nitrogens with zero attached hydrogens (tertiary/aromatic N) is 3. The summed E-state index contributed by atoms with van der Waals surface area (Å²) in [6, 6.07) is 0. The Morgan fingerprint density at radius 2 is 2.04 bits per heavy atom. The van der Waals surface area contributed by atoms with Crippen LogP contribution in [0.4, 0.5) is 8.78 Å². The van der Waals surface area contributed by atoms with Crippen LogP contribution in [0.5, 0.6) is 0 Å². The summed E-state index contributed by atoms with van der Waals surface area (Å²) in [7, 11) is 0. The summed E-state index contributed by atoms with van der Waals surface area (Å²) in [5.41, 5.74) is 0.379. The van der Waals surface area contributed by atoms with Gasteiger partial charge in [0, 0.05) is 32.1 Å². The summed E-state index contributed by atoms with van der Waals surface area (Å²) in [6.07, 6.45) is 11.6. The van der Waals surface area contributed by atoms with Crippen molar-refractivity contribution in [1.82, 2.24) is 25.9 Å². The fourth-order valence-corrected chi connectivity index (χ4v) is 3.18. The fraction of sp³-hybridized carbons (Fsp3) is 0.412. The molecule has 0 aromatic heterocycles. The van der Waals surface area contributed by atoms with E-state index >= 15 is 0 Å². The van der Waals surface area contributed by atoms with E-state index in [1.807, 2.05) is 35.3 Å². The number of carbonyl (C=O) groups is 1. The number of piperidine rings is 1. The van der Waals surface area contributed by atoms with Gasteiger partial charge in [0.05, 0.1) is 0 Å². The number of amidine groups is 1. The Morgan fingerprint density at radius 1 is 1.23 bits per heavy atom. The van der Waals surface area contributed by atoms with Crippen molar-refractivity contribution in [2.45, 2.75) is 31.1 Å². The molecule has 4 rings (SSSR count). The molecule has 26 heavy (non-hydrogen) atoms. The zero-order chi connectivity index (χ0) is 18.1. The minimum atomic E-state index is -2.60. The number of hydrogen-bond donors (Lipinski definition) is 3. The number of fused-ring (bicyclic) bond motifs is 1. The second kappa shape index (κ2) is 6.47. The lowest BCUT2D eigenvalue weighted by Crippen LogP contribution is -2.47. The number of amides is 1. The maximum absolute atomic E-state index is 13.4. The Hall–Kier alpha value is -2.84. The highest BCUT2D eigenvalue weighted by Crippen LogP contribution is 2.29. The number of hydrazone groups is 1. The molecule has 138 valence electrons. The molecule has 4 aliphatic rings. The van der Waals surface area contributed by atoms with Gasteiger partial charge in [0.1, 0.15) is 23.9 Å². The van der Waals surface area contributed by atoms with Gasteiger partial charge in [0.15, 0.2) is 0 Å². The van der Waals surface area contributed by atoms with E-state index in [1.54, 1.807) is 17.4 Å². The van der Waals surface area contributed by atoms with Crippen LogP contribution in [-0.4, -0.2) is 53.0 Å². The topological polar surface area (TPSA) is 72.0 Å². The average Bonchev–Trinajstić information content (AvgIpc) is 3.06. The lowest BCUT2D eigenvalue weighted by Gasteiger charge is -2.35. The van der Waals surface area contributed by atoms with Crippen molar-refractivity contribution in [3.8, 4) is 0 Å². The minimum absolute atomic E-state index is 0.183. The summed E-state index contributed by atoms with van der Waals surface area (Å²) in [6.45, 7) is 0.493. The fourth-order valence-electron chi connectivity index (χ4n) is 3.18. The Bertz CT molecular complexity index is 732. The molecular weight excluding hydrogens is 342 g/mol. The van der Waals surface area contributed by atoms with Crippen LogP contribution in [0, 0.1) is 0 Å². The predicted molar refractivity (Wildman–Crippen MR) is 92.5 cm³/mol. The van der Waals surface area contributed by atoms with Gasteiger partial charge in [-0.3, -0.25) is 4.79 Å². The summed E-state index contributed by atoms with van der Waals surface area (Å²) >= 11 is 0. The highest BCUT2D eigenvalue weighted by molar-refractivity contribution is 5.96. The molecule has 1 saturated heterocycles. The number of alkyl halides is 2. The molecule has 1 fully saturated rings. The molecule has 2 atom stereocenters. The normalized spacial score (nSPS) is 28.7. The maximum atomic E-state index is 13.4. The van der Waals surface area contributed by atoms with E-state index in [4.69, 9.17) is 0 Å². The highest BCUT2D eigenvalue weighted by atomic mass is 19.3. The molecule has 0 radical (unpaired) electrons. The van der Waals surface area contributed by atoms with Crippen molar-refractivity contribution in [1.29, 1.82) is 0 Å². The largest absolute Gasteiger partial charge is 0.368 e.